The first-order valence-corrected chi connectivity index (χ1v) is 7.13. The predicted molar refractivity (Wildman–Crippen MR) is 78.2 cm³/mol. The van der Waals surface area contributed by atoms with Crippen LogP contribution in [0, 0.1) is 11.8 Å². The lowest BCUT2D eigenvalue weighted by molar-refractivity contribution is -0.147. The van der Waals surface area contributed by atoms with E-state index in [1.165, 1.54) is 6.92 Å². The minimum atomic E-state index is -0.910. The number of carbonyl (C=O) groups is 3. The van der Waals surface area contributed by atoms with E-state index in [4.69, 9.17) is 0 Å². The van der Waals surface area contributed by atoms with Crippen molar-refractivity contribution in [2.45, 2.75) is 32.6 Å². The summed E-state index contributed by atoms with van der Waals surface area (Å²) in [6, 6.07) is 6.68. The fourth-order valence-electron chi connectivity index (χ4n) is 2.79. The summed E-state index contributed by atoms with van der Waals surface area (Å²) in [5.74, 6) is -2.38. The van der Waals surface area contributed by atoms with Crippen molar-refractivity contribution in [2.24, 2.45) is 11.8 Å². The molecule has 0 unspecified atom stereocenters. The van der Waals surface area contributed by atoms with Gasteiger partial charge in [0.25, 0.3) is 0 Å². The van der Waals surface area contributed by atoms with E-state index in [1.54, 1.807) is 24.3 Å². The molecule has 1 aliphatic rings. The molecule has 2 N–H and O–H groups in total. The highest BCUT2D eigenvalue weighted by Crippen LogP contribution is 2.31. The summed E-state index contributed by atoms with van der Waals surface area (Å²) in [6.07, 6.45) is 2.85. The standard InChI is InChI=1S/C16H19NO4/c1-10(18)11-5-4-6-12(9-11)17-15(19)13-7-2-3-8-14(13)16(20)21/h4-6,9,13-14H,2-3,7-8H2,1H3,(H,17,19)(H,20,21)/t13-,14+/m1/s1. The molecule has 1 aromatic rings. The number of aliphatic carboxylic acids is 1. The number of amides is 1. The Hall–Kier alpha value is -2.17. The van der Waals surface area contributed by atoms with Crippen LogP contribution in [-0.4, -0.2) is 22.8 Å². The van der Waals surface area contributed by atoms with Gasteiger partial charge >= 0.3 is 5.97 Å². The van der Waals surface area contributed by atoms with Gasteiger partial charge in [0.05, 0.1) is 11.8 Å². The van der Waals surface area contributed by atoms with Crippen molar-refractivity contribution in [3.63, 3.8) is 0 Å². The molecule has 5 nitrogen and oxygen atoms in total. The maximum Gasteiger partial charge on any atom is 0.307 e. The van der Waals surface area contributed by atoms with Crippen LogP contribution < -0.4 is 5.32 Å². The summed E-state index contributed by atoms with van der Waals surface area (Å²) in [4.78, 5) is 34.9. The second kappa shape index (κ2) is 6.52. The van der Waals surface area contributed by atoms with Crippen LogP contribution in [0.25, 0.3) is 0 Å². The largest absolute Gasteiger partial charge is 0.481 e. The van der Waals surface area contributed by atoms with Crippen LogP contribution in [0.4, 0.5) is 5.69 Å². The number of carboxylic acids is 1. The number of carbonyl (C=O) groups excluding carboxylic acids is 2. The third-order valence-corrected chi connectivity index (χ3v) is 3.96. The third-order valence-electron chi connectivity index (χ3n) is 3.96. The monoisotopic (exact) mass is 289 g/mol. The van der Waals surface area contributed by atoms with Gasteiger partial charge < -0.3 is 10.4 Å². The van der Waals surface area contributed by atoms with Crippen molar-refractivity contribution in [3.8, 4) is 0 Å². The van der Waals surface area contributed by atoms with Crippen LogP contribution in [0.2, 0.25) is 0 Å². The van der Waals surface area contributed by atoms with Gasteiger partial charge in [-0.05, 0) is 31.9 Å². The van der Waals surface area contributed by atoms with Crippen molar-refractivity contribution in [1.82, 2.24) is 0 Å². The molecule has 2 atom stereocenters. The van der Waals surface area contributed by atoms with E-state index in [0.29, 0.717) is 24.1 Å². The smallest absolute Gasteiger partial charge is 0.307 e. The Labute approximate surface area is 123 Å². The number of hydrogen-bond donors (Lipinski definition) is 2. The Kier molecular flexibility index (Phi) is 4.73. The topological polar surface area (TPSA) is 83.5 Å². The number of rotatable bonds is 4. The number of anilines is 1. The summed E-state index contributed by atoms with van der Waals surface area (Å²) in [7, 11) is 0. The van der Waals surface area contributed by atoms with Crippen molar-refractivity contribution in [1.29, 1.82) is 0 Å². The van der Waals surface area contributed by atoms with E-state index < -0.39 is 17.8 Å². The third kappa shape index (κ3) is 3.68. The van der Waals surface area contributed by atoms with E-state index in [0.717, 1.165) is 12.8 Å². The van der Waals surface area contributed by atoms with Gasteiger partial charge in [-0.15, -0.1) is 0 Å². The highest BCUT2D eigenvalue weighted by Gasteiger charge is 2.35. The lowest BCUT2D eigenvalue weighted by atomic mass is 9.78. The van der Waals surface area contributed by atoms with Gasteiger partial charge in [-0.25, -0.2) is 0 Å². The van der Waals surface area contributed by atoms with E-state index in [1.807, 2.05) is 0 Å². The Morgan fingerprint density at radius 1 is 1.14 bits per heavy atom. The average Bonchev–Trinajstić information content (AvgIpc) is 2.47. The first-order chi connectivity index (χ1) is 9.99. The molecule has 2 rings (SSSR count). The average molecular weight is 289 g/mol. The summed E-state index contributed by atoms with van der Waals surface area (Å²) >= 11 is 0. The van der Waals surface area contributed by atoms with Gasteiger partial charge in [0.1, 0.15) is 0 Å². The minimum absolute atomic E-state index is 0.0767. The lowest BCUT2D eigenvalue weighted by Gasteiger charge is -2.27. The zero-order valence-electron chi connectivity index (χ0n) is 12.0. The number of hydrogen-bond acceptors (Lipinski definition) is 3. The minimum Gasteiger partial charge on any atom is -0.481 e. The molecule has 1 fully saturated rings. The molecule has 112 valence electrons. The van der Waals surface area contributed by atoms with Crippen LogP contribution in [0.3, 0.4) is 0 Å². The lowest BCUT2D eigenvalue weighted by Crippen LogP contribution is -2.36. The predicted octanol–water partition coefficient (Wildman–Crippen LogP) is 2.72. The number of ketones is 1. The summed E-state index contributed by atoms with van der Waals surface area (Å²) in [5, 5.41) is 12.0. The molecule has 1 aliphatic carbocycles. The van der Waals surface area contributed by atoms with Crippen molar-refractivity contribution in [3.05, 3.63) is 29.8 Å². The van der Waals surface area contributed by atoms with Crippen molar-refractivity contribution < 1.29 is 19.5 Å². The van der Waals surface area contributed by atoms with Crippen molar-refractivity contribution in [2.75, 3.05) is 5.32 Å². The van der Waals surface area contributed by atoms with Gasteiger partial charge in [-0.1, -0.05) is 25.0 Å². The van der Waals surface area contributed by atoms with E-state index in [2.05, 4.69) is 5.32 Å². The molecular formula is C16H19NO4. The SMILES string of the molecule is CC(=O)c1cccc(NC(=O)[C@@H]2CCCC[C@@H]2C(=O)O)c1. The quantitative estimate of drug-likeness (QED) is 0.835. The van der Waals surface area contributed by atoms with E-state index in [-0.39, 0.29) is 11.7 Å². The molecular weight excluding hydrogens is 270 g/mol. The number of Topliss-reactive ketones (excluding diaryl/α,β-unsaturated/α-hetero) is 1. The molecule has 0 spiro atoms. The number of carboxylic acid groups (broad SMARTS) is 1. The fraction of sp³-hybridized carbons (Fsp3) is 0.438. The molecule has 0 radical (unpaired) electrons. The molecule has 1 amide bonds. The van der Waals surface area contributed by atoms with Gasteiger partial charge in [0.2, 0.25) is 5.91 Å². The van der Waals surface area contributed by atoms with Crippen molar-refractivity contribution >= 4 is 23.3 Å². The fourth-order valence-corrected chi connectivity index (χ4v) is 2.79. The maximum absolute atomic E-state index is 12.3. The van der Waals surface area contributed by atoms with Gasteiger partial charge in [-0.3, -0.25) is 14.4 Å². The van der Waals surface area contributed by atoms with E-state index >= 15 is 0 Å². The van der Waals surface area contributed by atoms with Crippen LogP contribution in [0.1, 0.15) is 43.0 Å². The first-order valence-electron chi connectivity index (χ1n) is 7.13. The number of nitrogens with one attached hydrogen (secondary N) is 1. The summed E-state index contributed by atoms with van der Waals surface area (Å²) in [5.41, 5.74) is 1.05. The molecule has 1 aromatic carbocycles. The van der Waals surface area contributed by atoms with Gasteiger partial charge in [0, 0.05) is 11.3 Å². The Morgan fingerprint density at radius 2 is 1.81 bits per heavy atom. The van der Waals surface area contributed by atoms with Crippen LogP contribution in [0.5, 0.6) is 0 Å². The zero-order valence-corrected chi connectivity index (χ0v) is 12.0. The normalized spacial score (nSPS) is 21.6. The Morgan fingerprint density at radius 3 is 2.43 bits per heavy atom. The highest BCUT2D eigenvalue weighted by atomic mass is 16.4. The second-order valence-electron chi connectivity index (χ2n) is 5.46. The van der Waals surface area contributed by atoms with Gasteiger partial charge in [0.15, 0.2) is 5.78 Å². The molecule has 1 saturated carbocycles. The summed E-state index contributed by atoms with van der Waals surface area (Å²) in [6.45, 7) is 1.46. The van der Waals surface area contributed by atoms with Crippen LogP contribution >= 0.6 is 0 Å². The molecule has 21 heavy (non-hydrogen) atoms. The van der Waals surface area contributed by atoms with Crippen LogP contribution in [-0.2, 0) is 9.59 Å². The molecule has 0 aromatic heterocycles. The van der Waals surface area contributed by atoms with E-state index in [9.17, 15) is 19.5 Å². The molecule has 5 heteroatoms. The molecule has 0 saturated heterocycles. The van der Waals surface area contributed by atoms with Gasteiger partial charge in [-0.2, -0.15) is 0 Å². The zero-order chi connectivity index (χ0) is 15.4. The second-order valence-corrected chi connectivity index (χ2v) is 5.46. The Balaban J connectivity index is 2.11. The first kappa shape index (κ1) is 15.2. The molecule has 0 aliphatic heterocycles. The molecule has 0 heterocycles. The Bertz CT molecular complexity index is 567. The van der Waals surface area contributed by atoms with Crippen LogP contribution in [0.15, 0.2) is 24.3 Å². The highest BCUT2D eigenvalue weighted by molar-refractivity contribution is 5.98. The molecule has 0 bridgehead atoms. The maximum atomic E-state index is 12.3. The summed E-state index contributed by atoms with van der Waals surface area (Å²) < 4.78 is 0. The number of benzene rings is 1.